The van der Waals surface area contributed by atoms with E-state index < -0.39 is 5.91 Å². The molecule has 1 atom stereocenters. The number of aromatic amines is 1. The first-order valence-electron chi connectivity index (χ1n) is 14.8. The second-order valence-electron chi connectivity index (χ2n) is 11.1. The number of phenolic OH excluding ortho intramolecular Hbond substituents is 1. The molecule has 10 nitrogen and oxygen atoms in total. The fraction of sp³-hybridized carbons (Fsp3) is 0.294. The van der Waals surface area contributed by atoms with Gasteiger partial charge in [-0.2, -0.15) is 4.98 Å². The van der Waals surface area contributed by atoms with Gasteiger partial charge in [-0.05, 0) is 97.8 Å². The zero-order valence-corrected chi connectivity index (χ0v) is 24.7. The van der Waals surface area contributed by atoms with Gasteiger partial charge in [0.1, 0.15) is 23.0 Å². The van der Waals surface area contributed by atoms with E-state index in [0.29, 0.717) is 61.9 Å². The van der Waals surface area contributed by atoms with Crippen molar-refractivity contribution in [2.75, 3.05) is 19.7 Å². The topological polar surface area (TPSA) is 134 Å². The van der Waals surface area contributed by atoms with E-state index in [1.807, 2.05) is 54.3 Å². The lowest BCUT2D eigenvalue weighted by atomic mass is 9.87. The number of amides is 2. The number of aryl methyl sites for hydroxylation is 2. The average Bonchev–Trinajstić information content (AvgIpc) is 3.00. The Kier molecular flexibility index (Phi) is 8.06. The summed E-state index contributed by atoms with van der Waals surface area (Å²) in [4.78, 5) is 47.1. The highest BCUT2D eigenvalue weighted by molar-refractivity contribution is 5.97. The van der Waals surface area contributed by atoms with Crippen LogP contribution in [0.5, 0.6) is 23.0 Å². The summed E-state index contributed by atoms with van der Waals surface area (Å²) in [6, 6.07) is 17.8. The van der Waals surface area contributed by atoms with E-state index in [9.17, 15) is 19.5 Å². The molecule has 0 spiro atoms. The lowest BCUT2D eigenvalue weighted by Gasteiger charge is -2.38. The summed E-state index contributed by atoms with van der Waals surface area (Å²) in [5, 5.41) is 13.1. The molecule has 3 aliphatic rings. The molecular weight excluding hydrogens is 560 g/mol. The van der Waals surface area contributed by atoms with Gasteiger partial charge in [0.25, 0.3) is 5.91 Å². The molecular formula is C34H34N4O6. The summed E-state index contributed by atoms with van der Waals surface area (Å²) in [7, 11) is 0. The van der Waals surface area contributed by atoms with Crippen LogP contribution in [0.2, 0.25) is 0 Å². The SMILES string of the molecule is Cc1nc(=O)[nH]c(C)c1CCC(=O)N1CCc2cc3ccc2C1c1cccc(c1)OCCCNC(=O)c1cc(ccc1O)O3. The van der Waals surface area contributed by atoms with E-state index in [2.05, 4.69) is 15.3 Å². The number of hydrogen-bond acceptors (Lipinski definition) is 7. The van der Waals surface area contributed by atoms with Crippen LogP contribution in [0.3, 0.4) is 0 Å². The summed E-state index contributed by atoms with van der Waals surface area (Å²) < 4.78 is 12.2. The number of nitrogens with zero attached hydrogens (tertiary/aromatic N) is 2. The predicted octanol–water partition coefficient (Wildman–Crippen LogP) is 4.50. The normalized spacial score (nSPS) is 16.3. The first kappa shape index (κ1) is 29.0. The van der Waals surface area contributed by atoms with Crippen molar-refractivity contribution in [3.05, 3.63) is 110 Å². The number of ether oxygens (including phenoxy) is 2. The van der Waals surface area contributed by atoms with Gasteiger partial charge in [-0.3, -0.25) is 9.59 Å². The van der Waals surface area contributed by atoms with Gasteiger partial charge in [-0.25, -0.2) is 4.79 Å². The number of benzene rings is 3. The van der Waals surface area contributed by atoms with Gasteiger partial charge in [0.2, 0.25) is 5.91 Å². The van der Waals surface area contributed by atoms with Gasteiger partial charge in [-0.15, -0.1) is 0 Å². The highest BCUT2D eigenvalue weighted by Gasteiger charge is 2.32. The Hall–Kier alpha value is -5.12. The lowest BCUT2D eigenvalue weighted by molar-refractivity contribution is -0.133. The fourth-order valence-electron chi connectivity index (χ4n) is 6.02. The molecule has 1 unspecified atom stereocenters. The Labute approximate surface area is 254 Å². The van der Waals surface area contributed by atoms with Crippen LogP contribution in [0.4, 0.5) is 0 Å². The van der Waals surface area contributed by atoms with Gasteiger partial charge in [0.05, 0.1) is 18.2 Å². The molecule has 3 aromatic carbocycles. The Morgan fingerprint density at radius 3 is 2.70 bits per heavy atom. The standard InChI is InChI=1S/C34H34N4O6/c1-20-27(21(2)37-34(42)36-20)10-12-31(40)38-15-13-22-17-25-7-9-28(22)32(38)23-5-3-6-24(18-23)43-16-4-14-35-33(41)29-19-26(44-25)8-11-30(29)39/h3,5-9,11,17-19,32,39H,4,10,12-16H2,1-2H3,(H,35,41)(H,36,37,42). The Morgan fingerprint density at radius 2 is 1.86 bits per heavy atom. The third-order valence-electron chi connectivity index (χ3n) is 8.20. The Bertz CT molecular complexity index is 1770. The number of rotatable bonds is 3. The number of H-pyrrole nitrogens is 1. The van der Waals surface area contributed by atoms with Crippen LogP contribution in [0.25, 0.3) is 0 Å². The van der Waals surface area contributed by atoms with Crippen LogP contribution in [-0.4, -0.2) is 51.5 Å². The van der Waals surface area contributed by atoms with Crippen molar-refractivity contribution in [3.8, 4) is 23.0 Å². The van der Waals surface area contributed by atoms with Crippen molar-refractivity contribution in [2.45, 2.75) is 45.6 Å². The quantitative estimate of drug-likeness (QED) is 0.318. The van der Waals surface area contributed by atoms with Crippen LogP contribution in [-0.2, 0) is 17.6 Å². The summed E-state index contributed by atoms with van der Waals surface area (Å²) in [6.45, 7) is 4.87. The highest BCUT2D eigenvalue weighted by Crippen LogP contribution is 2.39. The third-order valence-corrected chi connectivity index (χ3v) is 8.20. The van der Waals surface area contributed by atoms with E-state index in [1.54, 1.807) is 13.0 Å². The third kappa shape index (κ3) is 6.01. The molecule has 0 fully saturated rings. The second-order valence-corrected chi connectivity index (χ2v) is 11.1. The monoisotopic (exact) mass is 594 g/mol. The molecule has 1 aromatic heterocycles. The number of carbonyl (C=O) groups excluding carboxylic acids is 2. The van der Waals surface area contributed by atoms with E-state index in [0.717, 1.165) is 27.9 Å². The highest BCUT2D eigenvalue weighted by atomic mass is 16.5. The first-order valence-corrected chi connectivity index (χ1v) is 14.8. The Morgan fingerprint density at radius 1 is 1.05 bits per heavy atom. The molecule has 3 aliphatic heterocycles. The van der Waals surface area contributed by atoms with E-state index in [-0.39, 0.29) is 35.4 Å². The molecule has 2 amide bonds. The summed E-state index contributed by atoms with van der Waals surface area (Å²) in [5.74, 6) is 1.18. The predicted molar refractivity (Wildman–Crippen MR) is 163 cm³/mol. The summed E-state index contributed by atoms with van der Waals surface area (Å²) in [6.07, 6.45) is 1.93. The maximum Gasteiger partial charge on any atom is 0.345 e. The first-order chi connectivity index (χ1) is 21.3. The van der Waals surface area contributed by atoms with Crippen LogP contribution < -0.4 is 20.5 Å². The van der Waals surface area contributed by atoms with E-state index >= 15 is 0 Å². The minimum atomic E-state index is -0.392. The Balaban J connectivity index is 1.35. The number of fused-ring (bicyclic) bond motifs is 6. The van der Waals surface area contributed by atoms with Crippen LogP contribution in [0, 0.1) is 13.8 Å². The van der Waals surface area contributed by atoms with Gasteiger partial charge in [0, 0.05) is 30.9 Å². The summed E-state index contributed by atoms with van der Waals surface area (Å²) >= 11 is 0. The minimum absolute atomic E-state index is 0.00630. The molecule has 44 heavy (non-hydrogen) atoms. The van der Waals surface area contributed by atoms with Crippen molar-refractivity contribution in [1.29, 1.82) is 0 Å². The second kappa shape index (κ2) is 12.2. The summed E-state index contributed by atoms with van der Waals surface area (Å²) in [5.41, 5.74) is 4.97. The molecule has 4 heterocycles. The van der Waals surface area contributed by atoms with Crippen molar-refractivity contribution in [3.63, 3.8) is 0 Å². The molecule has 0 saturated carbocycles. The number of aromatic nitrogens is 2. The van der Waals surface area contributed by atoms with E-state index in [1.165, 1.54) is 12.1 Å². The minimum Gasteiger partial charge on any atom is -0.507 e. The fourth-order valence-corrected chi connectivity index (χ4v) is 6.02. The molecule has 8 bridgehead atoms. The van der Waals surface area contributed by atoms with Gasteiger partial charge < -0.3 is 29.8 Å². The number of phenols is 1. The molecule has 0 saturated heterocycles. The van der Waals surface area contributed by atoms with Gasteiger partial charge >= 0.3 is 5.69 Å². The van der Waals surface area contributed by atoms with Crippen molar-refractivity contribution in [1.82, 2.24) is 20.2 Å². The zero-order chi connectivity index (χ0) is 30.8. The maximum atomic E-state index is 13.9. The van der Waals surface area contributed by atoms with Crippen molar-refractivity contribution >= 4 is 11.8 Å². The lowest BCUT2D eigenvalue weighted by Crippen LogP contribution is -2.40. The maximum absolute atomic E-state index is 13.9. The molecule has 0 aliphatic carbocycles. The van der Waals surface area contributed by atoms with Crippen LogP contribution in [0.15, 0.2) is 65.5 Å². The number of nitrogens with one attached hydrogen (secondary N) is 2. The molecule has 4 aromatic rings. The van der Waals surface area contributed by atoms with Crippen LogP contribution >= 0.6 is 0 Å². The number of hydrogen-bond donors (Lipinski definition) is 3. The molecule has 3 N–H and O–H groups in total. The van der Waals surface area contributed by atoms with Crippen molar-refractivity contribution < 1.29 is 24.2 Å². The number of aromatic hydroxyl groups is 1. The largest absolute Gasteiger partial charge is 0.507 e. The zero-order valence-electron chi connectivity index (χ0n) is 24.7. The van der Waals surface area contributed by atoms with Crippen LogP contribution in [0.1, 0.15) is 62.9 Å². The van der Waals surface area contributed by atoms with Crippen molar-refractivity contribution in [2.24, 2.45) is 0 Å². The molecule has 226 valence electrons. The number of carbonyl (C=O) groups is 2. The average molecular weight is 595 g/mol. The van der Waals surface area contributed by atoms with Gasteiger partial charge in [0.15, 0.2) is 0 Å². The molecule has 0 radical (unpaired) electrons. The smallest absolute Gasteiger partial charge is 0.345 e. The molecule has 7 rings (SSSR count). The van der Waals surface area contributed by atoms with Gasteiger partial charge in [-0.1, -0.05) is 18.2 Å². The van der Waals surface area contributed by atoms with E-state index in [4.69, 9.17) is 9.47 Å². The molecule has 10 heteroatoms.